The van der Waals surface area contributed by atoms with Crippen LogP contribution in [0.3, 0.4) is 0 Å². The number of carboxylic acid groups (broad SMARTS) is 2. The molecule has 0 aliphatic carbocycles. The van der Waals surface area contributed by atoms with Gasteiger partial charge < -0.3 is 94.7 Å². The Balaban J connectivity index is 0.000000479. The van der Waals surface area contributed by atoms with Crippen LogP contribution in [0.4, 0.5) is 45.5 Å². The van der Waals surface area contributed by atoms with E-state index in [4.69, 9.17) is 84.8 Å². The second kappa shape index (κ2) is 42.3. The number of imidazole rings is 2. The van der Waals surface area contributed by atoms with E-state index >= 15 is 0 Å². The summed E-state index contributed by atoms with van der Waals surface area (Å²) in [5.74, 6) is 0.0641. The fourth-order valence-electron chi connectivity index (χ4n) is 6.08. The molecule has 0 amide bonds. The molecule has 7 aromatic rings. The molecule has 83 heavy (non-hydrogen) atoms. The lowest BCUT2D eigenvalue weighted by Gasteiger charge is -2.09. The van der Waals surface area contributed by atoms with Crippen molar-refractivity contribution in [3.05, 3.63) is 168 Å². The second-order valence-corrected chi connectivity index (χ2v) is 22.9. The molecule has 8 rings (SSSR count). The smallest absolute Gasteiger partial charge is 0.320 e. The zero-order valence-corrected chi connectivity index (χ0v) is 51.1. The lowest BCUT2D eigenvalue weighted by Crippen LogP contribution is -2.32. The minimum absolute atomic E-state index is 0.287. The van der Waals surface area contributed by atoms with Crippen molar-refractivity contribution in [2.24, 2.45) is 33.7 Å². The zero-order valence-electron chi connectivity index (χ0n) is 47.8. The quantitative estimate of drug-likeness (QED) is 0.0253. The molecule has 2 atom stereocenters. The van der Waals surface area contributed by atoms with Crippen LogP contribution in [0.2, 0.25) is 0 Å². The van der Waals surface area contributed by atoms with Crippen molar-refractivity contribution in [2.75, 3.05) is 77.0 Å². The molecule has 22 nitrogen and oxygen atoms in total. The summed E-state index contributed by atoms with van der Waals surface area (Å²) >= 11 is 0. The maximum atomic E-state index is 10.3. The molecule has 30 N–H and O–H groups in total. The zero-order chi connectivity index (χ0) is 62.3. The van der Waals surface area contributed by atoms with E-state index in [9.17, 15) is 9.59 Å². The van der Waals surface area contributed by atoms with Crippen molar-refractivity contribution in [2.45, 2.75) is 82.2 Å². The van der Waals surface area contributed by atoms with Gasteiger partial charge in [-0.15, -0.1) is 0 Å². The molecule has 3 heterocycles. The Labute approximate surface area is 503 Å². The topological polar surface area (TPSA) is 483 Å². The van der Waals surface area contributed by atoms with Gasteiger partial charge in [0.15, 0.2) is 0 Å². The minimum atomic E-state index is -1.00. The average molecular weight is 1220 g/mol. The van der Waals surface area contributed by atoms with E-state index in [0.717, 1.165) is 129 Å². The number of nitrogens with zero attached hydrogens (tertiary/aromatic N) is 3. The van der Waals surface area contributed by atoms with Crippen molar-refractivity contribution in [1.82, 2.24) is 19.9 Å². The molecular weight excluding hydrogens is 1130 g/mol. The van der Waals surface area contributed by atoms with Gasteiger partial charge in [0, 0.05) is 135 Å². The number of nitrogen functional groups attached to an aromatic ring is 8. The highest BCUT2D eigenvalue weighted by Crippen LogP contribution is 2.37. The first-order valence-corrected chi connectivity index (χ1v) is 30.4. The number of nitrogens with one attached hydrogen (secondary N) is 2. The van der Waals surface area contributed by atoms with Gasteiger partial charge in [-0.1, -0.05) is 67.5 Å². The number of carbonyl (C=O) groups is 2. The summed E-state index contributed by atoms with van der Waals surface area (Å²) < 4.78 is 0. The first-order chi connectivity index (χ1) is 39.4. The van der Waals surface area contributed by atoms with Crippen molar-refractivity contribution in [3.8, 4) is 0 Å². The first-order valence-electron chi connectivity index (χ1n) is 25.8. The molecule has 2 aromatic heterocycles. The van der Waals surface area contributed by atoms with Gasteiger partial charge >= 0.3 is 11.9 Å². The number of hydrogen-bond acceptors (Lipinski definition) is 22. The molecule has 0 saturated carbocycles. The number of allylic oxidation sites excluding steroid dienone is 1. The standard InChI is InChI=1S/C12H12N2S2.C9H14N2.2C7H10N2.2C6H9N3O2.C6H10N2.C4H12N2S2/c13-9-1-5-11(6-2-9)15-16-12-7-3-10(14)4-8-12;1-5-4-6(2)9(11)7(3)8(5)10;1-5-2-3-6(8)4-7(5)9;1-5-6(8)3-2-4-7(5)9;2*7-5(6(10)11)1-4-2-8-3-9-4;7-4-3-6-2-1-5-8-6;5-1-3-7-8-4-2-6/h1-8H,13-14H2;4H,10-11H2,1-3H3;2*2-4H,8-9H2,1H3;2*2-3,5H,1,7H2,(H,8,9)(H,10,11);1,5H,2-4,7H2;1-6H2/t;;;;2*5-;;/m....10../s1. The van der Waals surface area contributed by atoms with E-state index in [1.54, 1.807) is 61.6 Å². The first kappa shape index (κ1) is 73.5. The van der Waals surface area contributed by atoms with Gasteiger partial charge in [-0.05, 0) is 148 Å². The summed E-state index contributed by atoms with van der Waals surface area (Å²) in [5.41, 5.74) is 85.3. The van der Waals surface area contributed by atoms with Crippen LogP contribution in [0.15, 0.2) is 143 Å². The molecule has 1 aliphatic rings. The fraction of sp³-hybridized carbons (Fsp3) is 0.281. The molecule has 5 aromatic carbocycles. The lowest BCUT2D eigenvalue weighted by molar-refractivity contribution is -0.139. The summed E-state index contributed by atoms with van der Waals surface area (Å²) in [4.78, 5) is 40.0. The van der Waals surface area contributed by atoms with Crippen molar-refractivity contribution >= 4 is 106 Å². The van der Waals surface area contributed by atoms with Crippen LogP contribution in [0.1, 0.15) is 52.0 Å². The van der Waals surface area contributed by atoms with E-state index in [2.05, 4.69) is 24.9 Å². The average Bonchev–Trinajstić information content (AvgIpc) is 4.35. The monoisotopic (exact) mass is 1210 g/mol. The molecule has 0 unspecified atom stereocenters. The van der Waals surface area contributed by atoms with Crippen LogP contribution < -0.4 is 74.5 Å². The number of aromatic nitrogens is 4. The Hall–Kier alpha value is -7.53. The van der Waals surface area contributed by atoms with Crippen LogP contribution in [-0.4, -0.2) is 91.0 Å². The Morgan fingerprint density at radius 3 is 1.31 bits per heavy atom. The SMILES string of the molecule is Cc1c(N)cccc1N.Cc1cc(C)c(N)c(C)c1N.Cc1ccc(N)cc1N.NCCC1=NC=CC1.NCCSSCCN.N[C@@H](Cc1cnc[nH]1)C(=O)O.N[C@H](Cc1cnc[nH]1)C(=O)O.Nc1ccc(SSc2ccc(N)cc2)cc1. The minimum Gasteiger partial charge on any atom is -0.480 e. The van der Waals surface area contributed by atoms with Crippen LogP contribution in [0.25, 0.3) is 0 Å². The maximum absolute atomic E-state index is 10.3. The number of aliphatic imine (C=N–C) groups is 1. The Bertz CT molecular complexity index is 2820. The van der Waals surface area contributed by atoms with Gasteiger partial charge in [0.1, 0.15) is 12.1 Å². The highest BCUT2D eigenvalue weighted by molar-refractivity contribution is 8.77. The lowest BCUT2D eigenvalue weighted by atomic mass is 10.0. The van der Waals surface area contributed by atoms with Gasteiger partial charge in [0.05, 0.1) is 12.7 Å². The second-order valence-electron chi connectivity index (χ2n) is 17.9. The van der Waals surface area contributed by atoms with Gasteiger partial charge in [0.2, 0.25) is 0 Å². The summed E-state index contributed by atoms with van der Waals surface area (Å²) in [5, 5.41) is 16.8. The molecule has 0 spiro atoms. The van der Waals surface area contributed by atoms with Crippen molar-refractivity contribution in [1.29, 1.82) is 0 Å². The third kappa shape index (κ3) is 32.6. The number of aryl methyl sites for hydroxylation is 3. The molecule has 1 aliphatic heterocycles. The third-order valence-corrected chi connectivity index (χ3v) is 16.0. The normalized spacial score (nSPS) is 11.3. The molecule has 0 radical (unpaired) electrons. The number of rotatable bonds is 16. The number of carboxylic acids is 2. The Kier molecular flexibility index (Phi) is 37.5. The van der Waals surface area contributed by atoms with Crippen LogP contribution in [0, 0.1) is 34.6 Å². The fourth-order valence-corrected chi connectivity index (χ4v) is 9.72. The summed E-state index contributed by atoms with van der Waals surface area (Å²) in [6.07, 6.45) is 12.5. The maximum Gasteiger partial charge on any atom is 0.320 e. The highest BCUT2D eigenvalue weighted by atomic mass is 33.1. The van der Waals surface area contributed by atoms with E-state index in [-0.39, 0.29) is 12.8 Å². The molecule has 452 valence electrons. The summed E-state index contributed by atoms with van der Waals surface area (Å²) in [6, 6.07) is 27.0. The van der Waals surface area contributed by atoms with Gasteiger partial charge in [0.25, 0.3) is 0 Å². The van der Waals surface area contributed by atoms with Gasteiger partial charge in [-0.2, -0.15) is 0 Å². The Morgan fingerprint density at radius 2 is 0.988 bits per heavy atom. The van der Waals surface area contributed by atoms with Crippen LogP contribution >= 0.6 is 43.2 Å². The molecule has 0 bridgehead atoms. The van der Waals surface area contributed by atoms with Crippen molar-refractivity contribution < 1.29 is 19.8 Å². The van der Waals surface area contributed by atoms with E-state index in [1.165, 1.54) is 28.2 Å². The number of nitrogens with two attached hydrogens (primary N) is 13. The molecule has 0 fully saturated rings. The summed E-state index contributed by atoms with van der Waals surface area (Å²) in [7, 11) is 7.00. The number of anilines is 8. The number of benzene rings is 5. The predicted molar refractivity (Wildman–Crippen MR) is 357 cm³/mol. The van der Waals surface area contributed by atoms with Gasteiger partial charge in [-0.3, -0.25) is 14.6 Å². The van der Waals surface area contributed by atoms with Gasteiger partial charge in [-0.25, -0.2) is 9.97 Å². The molecule has 26 heteroatoms. The third-order valence-electron chi connectivity index (χ3n) is 11.1. The number of aliphatic carboxylic acids is 2. The highest BCUT2D eigenvalue weighted by Gasteiger charge is 2.13. The van der Waals surface area contributed by atoms with E-state index in [0.29, 0.717) is 0 Å². The Morgan fingerprint density at radius 1 is 0.554 bits per heavy atom. The van der Waals surface area contributed by atoms with E-state index in [1.807, 2.05) is 132 Å². The predicted octanol–water partition coefficient (Wildman–Crippen LogP) is 7.45. The van der Waals surface area contributed by atoms with Crippen LogP contribution in [-0.2, 0) is 22.4 Å². The summed E-state index contributed by atoms with van der Waals surface area (Å²) in [6.45, 7) is 12.1. The molecule has 0 saturated heterocycles. The molecular formula is C57H86N18O4S4. The number of hydrogen-bond donors (Lipinski definition) is 17. The largest absolute Gasteiger partial charge is 0.480 e. The van der Waals surface area contributed by atoms with E-state index < -0.39 is 24.0 Å². The number of H-pyrrole nitrogens is 2. The van der Waals surface area contributed by atoms with Crippen molar-refractivity contribution in [3.63, 3.8) is 0 Å². The van der Waals surface area contributed by atoms with Crippen LogP contribution in [0.5, 0.6) is 0 Å². The number of aromatic amines is 2.